The number of carbonyl (C=O) groups excluding carboxylic acids is 1. The third kappa shape index (κ3) is 4.86. The summed E-state index contributed by atoms with van der Waals surface area (Å²) in [6, 6.07) is 8.74. The van der Waals surface area contributed by atoms with Crippen LogP contribution in [0.5, 0.6) is 11.5 Å². The molecule has 2 rings (SSSR count). The van der Waals surface area contributed by atoms with E-state index < -0.39 is 0 Å². The van der Waals surface area contributed by atoms with E-state index in [4.69, 9.17) is 40.5 Å². The van der Waals surface area contributed by atoms with Crippen molar-refractivity contribution in [1.82, 2.24) is 5.32 Å². The lowest BCUT2D eigenvalue weighted by atomic mass is 9.89. The average molecular weight is 392 g/mol. The first kappa shape index (κ1) is 20.5. The number of aryl methyl sites for hydroxylation is 1. The highest BCUT2D eigenvalue weighted by Crippen LogP contribution is 2.29. The van der Waals surface area contributed by atoms with E-state index in [1.807, 2.05) is 19.1 Å². The van der Waals surface area contributed by atoms with E-state index in [1.54, 1.807) is 18.2 Å². The van der Waals surface area contributed by atoms with E-state index in [1.165, 1.54) is 14.2 Å². The lowest BCUT2D eigenvalue weighted by Crippen LogP contribution is -2.36. The number of rotatable bonds is 7. The number of methoxy groups -OCH3 is 2. The number of ether oxygens (including phenoxy) is 2. The fourth-order valence-electron chi connectivity index (χ4n) is 2.62. The van der Waals surface area contributed by atoms with Crippen LogP contribution in [0, 0.1) is 0 Å². The van der Waals surface area contributed by atoms with Crippen LogP contribution in [0.15, 0.2) is 30.3 Å². The molecule has 0 saturated heterocycles. The molecule has 0 fully saturated rings. The van der Waals surface area contributed by atoms with Gasteiger partial charge >= 0.3 is 0 Å². The quantitative estimate of drug-likeness (QED) is 0.734. The molecule has 0 bridgehead atoms. The van der Waals surface area contributed by atoms with E-state index in [9.17, 15) is 4.79 Å². The number of benzene rings is 2. The molecule has 0 aliphatic carbocycles. The summed E-state index contributed by atoms with van der Waals surface area (Å²) < 4.78 is 10.5. The number of amides is 1. The summed E-state index contributed by atoms with van der Waals surface area (Å²) in [5, 5.41) is 3.99. The molecule has 0 aliphatic rings. The standard InChI is InChI=1S/C19H20BCl2NO3/c1-11(4-5-12-6-8-14(21)15(22)10-12)23-19(24)17-13(20)7-9-16(25-2)18(17)26-3/h6-11H,4-5H2,1-3H3,(H,23,24)/t11-/m1/s1. The second-order valence-electron chi connectivity index (χ2n) is 5.93. The van der Waals surface area contributed by atoms with Crippen LogP contribution in [0.4, 0.5) is 0 Å². The zero-order valence-corrected chi connectivity index (χ0v) is 16.4. The molecule has 1 amide bonds. The van der Waals surface area contributed by atoms with Gasteiger partial charge in [-0.2, -0.15) is 0 Å². The van der Waals surface area contributed by atoms with Gasteiger partial charge in [-0.15, -0.1) is 0 Å². The van der Waals surface area contributed by atoms with E-state index in [0.29, 0.717) is 27.0 Å². The van der Waals surface area contributed by atoms with E-state index >= 15 is 0 Å². The molecule has 0 aromatic heterocycles. The Bertz CT molecular complexity index is 799. The molecule has 0 unspecified atom stereocenters. The Morgan fingerprint density at radius 3 is 2.50 bits per heavy atom. The van der Waals surface area contributed by atoms with Crippen molar-refractivity contribution >= 4 is 42.4 Å². The maximum atomic E-state index is 12.7. The molecule has 26 heavy (non-hydrogen) atoms. The van der Waals surface area contributed by atoms with Crippen molar-refractivity contribution < 1.29 is 14.3 Å². The van der Waals surface area contributed by atoms with E-state index in [0.717, 1.165) is 18.4 Å². The molecule has 0 aliphatic heterocycles. The normalized spacial score (nSPS) is 11.7. The molecule has 0 saturated carbocycles. The number of carbonyl (C=O) groups is 1. The van der Waals surface area contributed by atoms with Crippen LogP contribution < -0.4 is 20.3 Å². The van der Waals surface area contributed by atoms with Crippen LogP contribution in [-0.2, 0) is 6.42 Å². The molecule has 0 spiro atoms. The fourth-order valence-corrected chi connectivity index (χ4v) is 2.94. The highest BCUT2D eigenvalue weighted by Gasteiger charge is 2.20. The van der Waals surface area contributed by atoms with Gasteiger partial charge in [0, 0.05) is 6.04 Å². The minimum absolute atomic E-state index is 0.0766. The molecular weight excluding hydrogens is 372 g/mol. The molecule has 2 aromatic carbocycles. The number of nitrogens with one attached hydrogen (secondary N) is 1. The Morgan fingerprint density at radius 2 is 1.88 bits per heavy atom. The molecule has 0 heterocycles. The van der Waals surface area contributed by atoms with Crippen molar-refractivity contribution in [2.75, 3.05) is 14.2 Å². The Kier molecular flexibility index (Phi) is 7.24. The second-order valence-corrected chi connectivity index (χ2v) is 6.74. The molecule has 136 valence electrons. The first-order valence-corrected chi connectivity index (χ1v) is 8.88. The van der Waals surface area contributed by atoms with Gasteiger partial charge in [0.1, 0.15) is 7.85 Å². The van der Waals surface area contributed by atoms with Gasteiger partial charge in [-0.3, -0.25) is 4.79 Å². The molecule has 2 radical (unpaired) electrons. The van der Waals surface area contributed by atoms with E-state index in [2.05, 4.69) is 5.32 Å². The molecule has 2 aromatic rings. The Balaban J connectivity index is 2.06. The van der Waals surface area contributed by atoms with Crippen molar-refractivity contribution in [2.45, 2.75) is 25.8 Å². The largest absolute Gasteiger partial charge is 0.493 e. The smallest absolute Gasteiger partial charge is 0.254 e. The van der Waals surface area contributed by atoms with Crippen molar-refractivity contribution in [3.8, 4) is 11.5 Å². The second kappa shape index (κ2) is 9.20. The first-order chi connectivity index (χ1) is 12.4. The highest BCUT2D eigenvalue weighted by atomic mass is 35.5. The van der Waals surface area contributed by atoms with Gasteiger partial charge in [-0.25, -0.2) is 0 Å². The topological polar surface area (TPSA) is 47.6 Å². The molecule has 1 N–H and O–H groups in total. The zero-order valence-electron chi connectivity index (χ0n) is 14.9. The maximum absolute atomic E-state index is 12.7. The third-order valence-electron chi connectivity index (χ3n) is 4.03. The summed E-state index contributed by atoms with van der Waals surface area (Å²) >= 11 is 12.0. The van der Waals surface area contributed by atoms with Crippen molar-refractivity contribution in [2.24, 2.45) is 0 Å². The summed E-state index contributed by atoms with van der Waals surface area (Å²) in [6.07, 6.45) is 1.49. The predicted molar refractivity (Wildman–Crippen MR) is 107 cm³/mol. The maximum Gasteiger partial charge on any atom is 0.254 e. The summed E-state index contributed by atoms with van der Waals surface area (Å²) in [7, 11) is 8.95. The van der Waals surface area contributed by atoms with Gasteiger partial charge in [0.25, 0.3) is 5.91 Å². The van der Waals surface area contributed by atoms with Crippen molar-refractivity contribution in [3.05, 3.63) is 51.5 Å². The van der Waals surface area contributed by atoms with Crippen LogP contribution in [0.3, 0.4) is 0 Å². The zero-order chi connectivity index (χ0) is 19.3. The molecule has 4 nitrogen and oxygen atoms in total. The molecule has 7 heteroatoms. The Hall–Kier alpha value is -1.85. The average Bonchev–Trinajstić information content (AvgIpc) is 2.62. The van der Waals surface area contributed by atoms with Crippen LogP contribution in [-0.4, -0.2) is 34.0 Å². The van der Waals surface area contributed by atoms with Crippen LogP contribution in [0.2, 0.25) is 10.0 Å². The Labute approximate surface area is 165 Å². The summed E-state index contributed by atoms with van der Waals surface area (Å²) in [4.78, 5) is 12.7. The molecular formula is C19H20BCl2NO3. The highest BCUT2D eigenvalue weighted by molar-refractivity contribution is 6.42. The number of hydrogen-bond acceptors (Lipinski definition) is 3. The van der Waals surface area contributed by atoms with Gasteiger partial charge in [-0.1, -0.05) is 40.8 Å². The van der Waals surface area contributed by atoms with Crippen molar-refractivity contribution in [1.29, 1.82) is 0 Å². The minimum atomic E-state index is -0.306. The van der Waals surface area contributed by atoms with Crippen molar-refractivity contribution in [3.63, 3.8) is 0 Å². The summed E-state index contributed by atoms with van der Waals surface area (Å²) in [5.74, 6) is 0.469. The predicted octanol–water partition coefficient (Wildman–Crippen LogP) is 3.56. The minimum Gasteiger partial charge on any atom is -0.493 e. The Morgan fingerprint density at radius 1 is 1.15 bits per heavy atom. The monoisotopic (exact) mass is 391 g/mol. The van der Waals surface area contributed by atoms with Gasteiger partial charge in [0.05, 0.1) is 29.8 Å². The van der Waals surface area contributed by atoms with Gasteiger partial charge < -0.3 is 14.8 Å². The first-order valence-electron chi connectivity index (χ1n) is 8.12. The van der Waals surface area contributed by atoms with Crippen LogP contribution in [0.25, 0.3) is 0 Å². The lowest BCUT2D eigenvalue weighted by Gasteiger charge is -2.18. The van der Waals surface area contributed by atoms with E-state index in [-0.39, 0.29) is 17.5 Å². The summed E-state index contributed by atoms with van der Waals surface area (Å²) in [6.45, 7) is 1.93. The van der Waals surface area contributed by atoms with Gasteiger partial charge in [0.2, 0.25) is 0 Å². The third-order valence-corrected chi connectivity index (χ3v) is 4.77. The molecule has 1 atom stereocenters. The van der Waals surface area contributed by atoms with Gasteiger partial charge in [-0.05, 0) is 43.5 Å². The van der Waals surface area contributed by atoms with Gasteiger partial charge in [0.15, 0.2) is 11.5 Å². The summed E-state index contributed by atoms with van der Waals surface area (Å²) in [5.41, 5.74) is 1.66. The van der Waals surface area contributed by atoms with Crippen LogP contribution in [0.1, 0.15) is 29.3 Å². The number of hydrogen-bond donors (Lipinski definition) is 1. The SMILES string of the molecule is [B]c1ccc(OC)c(OC)c1C(=O)N[C@H](C)CCc1ccc(Cl)c(Cl)c1. The number of halogens is 2. The fraction of sp³-hybridized carbons (Fsp3) is 0.316. The van der Waals surface area contributed by atoms with Crippen LogP contribution >= 0.6 is 23.2 Å². The lowest BCUT2D eigenvalue weighted by molar-refractivity contribution is 0.0936.